The van der Waals surface area contributed by atoms with Gasteiger partial charge in [0.2, 0.25) is 0 Å². The highest BCUT2D eigenvalue weighted by atomic mass is 28.3. The monoisotopic (exact) mass is 180 g/mol. The molecule has 3 heteroatoms. The molecular formula is C9H16N2Si. The van der Waals surface area contributed by atoms with Crippen LogP contribution in [-0.2, 0) is 0 Å². The first-order valence-electron chi connectivity index (χ1n) is 4.07. The summed E-state index contributed by atoms with van der Waals surface area (Å²) in [7, 11) is -1.37. The highest BCUT2D eigenvalue weighted by Gasteiger charge is 2.21. The molecule has 0 aliphatic carbocycles. The second kappa shape index (κ2) is 2.82. The lowest BCUT2D eigenvalue weighted by Gasteiger charge is -2.20. The van der Waals surface area contributed by atoms with Crippen LogP contribution in [0.3, 0.4) is 0 Å². The summed E-state index contributed by atoms with van der Waals surface area (Å²) in [6.07, 6.45) is 0. The van der Waals surface area contributed by atoms with Crippen molar-refractivity contribution < 1.29 is 0 Å². The summed E-state index contributed by atoms with van der Waals surface area (Å²) in [6, 6.07) is 5.74. The molecule has 1 aromatic rings. The second-order valence-corrected chi connectivity index (χ2v) is 9.06. The molecule has 1 aromatic carbocycles. The van der Waals surface area contributed by atoms with Crippen LogP contribution in [-0.4, -0.2) is 8.07 Å². The summed E-state index contributed by atoms with van der Waals surface area (Å²) >= 11 is 0. The minimum absolute atomic E-state index is 0.842. The van der Waals surface area contributed by atoms with Crippen LogP contribution >= 0.6 is 0 Å². The number of rotatable bonds is 1. The molecule has 0 saturated heterocycles. The van der Waals surface area contributed by atoms with Crippen molar-refractivity contribution in [2.45, 2.75) is 19.6 Å². The molecule has 0 saturated carbocycles. The van der Waals surface area contributed by atoms with Crippen LogP contribution in [0, 0.1) is 0 Å². The maximum atomic E-state index is 5.86. The third-order valence-corrected chi connectivity index (χ3v) is 3.96. The zero-order chi connectivity index (χ0) is 9.35. The molecule has 0 aromatic heterocycles. The van der Waals surface area contributed by atoms with Crippen molar-refractivity contribution in [3.63, 3.8) is 0 Å². The molecule has 4 N–H and O–H groups in total. The van der Waals surface area contributed by atoms with Crippen molar-refractivity contribution in [3.05, 3.63) is 18.2 Å². The van der Waals surface area contributed by atoms with Crippen LogP contribution in [0.2, 0.25) is 19.6 Å². The Labute approximate surface area is 74.6 Å². The standard InChI is InChI=1S/C9H16N2Si/c1-12(2,3)9-7(10)5-4-6-8(9)11/h4-6H,10-11H2,1-3H3. The van der Waals surface area contributed by atoms with Crippen LogP contribution in [0.15, 0.2) is 18.2 Å². The molecule has 0 spiro atoms. The molecule has 0 unspecified atom stereocenters. The van der Waals surface area contributed by atoms with Crippen molar-refractivity contribution >= 4 is 24.6 Å². The lowest BCUT2D eigenvalue weighted by Crippen LogP contribution is -2.41. The van der Waals surface area contributed by atoms with Crippen molar-refractivity contribution in [2.24, 2.45) is 0 Å². The van der Waals surface area contributed by atoms with Gasteiger partial charge >= 0.3 is 0 Å². The first kappa shape index (κ1) is 9.13. The van der Waals surface area contributed by atoms with Gasteiger partial charge in [0.25, 0.3) is 0 Å². The summed E-state index contributed by atoms with van der Waals surface area (Å²) in [5.74, 6) is 0. The third-order valence-electron chi connectivity index (χ3n) is 1.88. The zero-order valence-corrected chi connectivity index (χ0v) is 8.89. The largest absolute Gasteiger partial charge is 0.399 e. The molecule has 66 valence electrons. The van der Waals surface area contributed by atoms with Gasteiger partial charge in [-0.2, -0.15) is 0 Å². The quantitative estimate of drug-likeness (QED) is 0.507. The molecule has 1 rings (SSSR count). The normalized spacial score (nSPS) is 11.6. The Kier molecular flexibility index (Phi) is 2.15. The topological polar surface area (TPSA) is 52.0 Å². The van der Waals surface area contributed by atoms with Crippen LogP contribution < -0.4 is 16.7 Å². The van der Waals surface area contributed by atoms with Gasteiger partial charge in [-0.25, -0.2) is 0 Å². The molecule has 0 radical (unpaired) electrons. The van der Waals surface area contributed by atoms with E-state index in [4.69, 9.17) is 11.5 Å². The third kappa shape index (κ3) is 1.61. The average Bonchev–Trinajstić information content (AvgIpc) is 1.82. The number of hydrogen-bond acceptors (Lipinski definition) is 2. The maximum Gasteiger partial charge on any atom is 0.0830 e. The number of anilines is 2. The highest BCUT2D eigenvalue weighted by molar-refractivity contribution is 6.90. The van der Waals surface area contributed by atoms with E-state index in [1.54, 1.807) is 0 Å². The lowest BCUT2D eigenvalue weighted by molar-refractivity contribution is 1.65. The van der Waals surface area contributed by atoms with E-state index >= 15 is 0 Å². The fourth-order valence-corrected chi connectivity index (χ4v) is 3.35. The molecule has 0 heterocycles. The van der Waals surface area contributed by atoms with E-state index in [1.807, 2.05) is 18.2 Å². The molecular weight excluding hydrogens is 164 g/mol. The first-order valence-corrected chi connectivity index (χ1v) is 7.57. The zero-order valence-electron chi connectivity index (χ0n) is 7.89. The van der Waals surface area contributed by atoms with E-state index in [-0.39, 0.29) is 0 Å². The Bertz CT molecular complexity index is 269. The molecule has 0 aliphatic heterocycles. The lowest BCUT2D eigenvalue weighted by atomic mass is 10.3. The van der Waals surface area contributed by atoms with E-state index < -0.39 is 8.07 Å². The van der Waals surface area contributed by atoms with Crippen LogP contribution in [0.1, 0.15) is 0 Å². The molecule has 0 amide bonds. The van der Waals surface area contributed by atoms with Crippen molar-refractivity contribution in [1.82, 2.24) is 0 Å². The van der Waals surface area contributed by atoms with E-state index in [0.717, 1.165) is 11.4 Å². The Morgan fingerprint density at radius 3 is 1.67 bits per heavy atom. The van der Waals surface area contributed by atoms with E-state index in [9.17, 15) is 0 Å². The summed E-state index contributed by atoms with van der Waals surface area (Å²) in [5.41, 5.74) is 13.4. The van der Waals surface area contributed by atoms with E-state index in [2.05, 4.69) is 19.6 Å². The summed E-state index contributed by atoms with van der Waals surface area (Å²) < 4.78 is 0. The number of benzene rings is 1. The Hall–Kier alpha value is -0.963. The highest BCUT2D eigenvalue weighted by Crippen LogP contribution is 2.13. The van der Waals surface area contributed by atoms with Crippen LogP contribution in [0.5, 0.6) is 0 Å². The SMILES string of the molecule is C[Si](C)(C)c1c(N)cccc1N. The van der Waals surface area contributed by atoms with Gasteiger partial charge in [-0.15, -0.1) is 0 Å². The van der Waals surface area contributed by atoms with Gasteiger partial charge in [0.05, 0.1) is 8.07 Å². The van der Waals surface area contributed by atoms with Gasteiger partial charge in [0.15, 0.2) is 0 Å². The van der Waals surface area contributed by atoms with E-state index in [1.165, 1.54) is 5.19 Å². The van der Waals surface area contributed by atoms with Crippen LogP contribution in [0.25, 0.3) is 0 Å². The first-order chi connectivity index (χ1) is 5.43. The van der Waals surface area contributed by atoms with Gasteiger partial charge in [-0.3, -0.25) is 0 Å². The molecule has 0 fully saturated rings. The van der Waals surface area contributed by atoms with E-state index in [0.29, 0.717) is 0 Å². The predicted octanol–water partition coefficient (Wildman–Crippen LogP) is 1.40. The van der Waals surface area contributed by atoms with Gasteiger partial charge < -0.3 is 11.5 Å². The molecule has 0 aliphatic rings. The van der Waals surface area contributed by atoms with Gasteiger partial charge in [-0.05, 0) is 17.3 Å². The fraction of sp³-hybridized carbons (Fsp3) is 0.333. The number of hydrogen-bond donors (Lipinski definition) is 2. The smallest absolute Gasteiger partial charge is 0.0830 e. The fourth-order valence-electron chi connectivity index (χ4n) is 1.45. The number of nitrogens with two attached hydrogens (primary N) is 2. The predicted molar refractivity (Wildman–Crippen MR) is 58.2 cm³/mol. The number of nitrogen functional groups attached to an aromatic ring is 2. The minimum atomic E-state index is -1.37. The average molecular weight is 180 g/mol. The Morgan fingerprint density at radius 2 is 1.42 bits per heavy atom. The Morgan fingerprint density at radius 1 is 1.00 bits per heavy atom. The summed E-state index contributed by atoms with van der Waals surface area (Å²) in [5, 5.41) is 1.19. The summed E-state index contributed by atoms with van der Waals surface area (Å²) in [6.45, 7) is 6.74. The molecule has 0 bridgehead atoms. The maximum absolute atomic E-state index is 5.86. The van der Waals surface area contributed by atoms with Gasteiger partial charge in [-0.1, -0.05) is 25.7 Å². The van der Waals surface area contributed by atoms with Crippen LogP contribution in [0.4, 0.5) is 11.4 Å². The molecule has 12 heavy (non-hydrogen) atoms. The molecule has 0 atom stereocenters. The van der Waals surface area contributed by atoms with Crippen molar-refractivity contribution in [2.75, 3.05) is 11.5 Å². The van der Waals surface area contributed by atoms with Gasteiger partial charge in [0.1, 0.15) is 0 Å². The minimum Gasteiger partial charge on any atom is -0.399 e. The Balaban J connectivity index is 3.31. The summed E-state index contributed by atoms with van der Waals surface area (Å²) in [4.78, 5) is 0. The second-order valence-electron chi connectivity index (χ2n) is 4.06. The van der Waals surface area contributed by atoms with Crippen molar-refractivity contribution in [3.8, 4) is 0 Å². The van der Waals surface area contributed by atoms with Crippen molar-refractivity contribution in [1.29, 1.82) is 0 Å². The molecule has 2 nitrogen and oxygen atoms in total. The van der Waals surface area contributed by atoms with Gasteiger partial charge in [0, 0.05) is 11.4 Å².